The monoisotopic (exact) mass is 352 g/mol. The first-order valence-corrected chi connectivity index (χ1v) is 8.33. The topological polar surface area (TPSA) is 62.5 Å². The van der Waals surface area contributed by atoms with Crippen LogP contribution in [0.2, 0.25) is 0 Å². The zero-order valence-electron chi connectivity index (χ0n) is 14.2. The summed E-state index contributed by atoms with van der Waals surface area (Å²) in [5.41, 5.74) is 2.57. The molecule has 1 aliphatic rings. The van der Waals surface area contributed by atoms with Crippen LogP contribution in [0.5, 0.6) is 0 Å². The van der Waals surface area contributed by atoms with Crippen molar-refractivity contribution in [3.8, 4) is 0 Å². The molecule has 0 atom stereocenters. The van der Waals surface area contributed by atoms with Crippen molar-refractivity contribution in [3.05, 3.63) is 75.3 Å². The Hall–Kier alpha value is -3.15. The van der Waals surface area contributed by atoms with Crippen molar-refractivity contribution in [1.29, 1.82) is 0 Å². The number of fused-ring (bicyclic) bond motifs is 2. The second-order valence-electron chi connectivity index (χ2n) is 6.57. The highest BCUT2D eigenvalue weighted by atomic mass is 19.1. The van der Waals surface area contributed by atoms with Gasteiger partial charge in [0.2, 0.25) is 5.43 Å². The number of carbonyl (C=O) groups is 1. The summed E-state index contributed by atoms with van der Waals surface area (Å²) in [6.07, 6.45) is 2.26. The molecule has 1 aromatic heterocycles. The van der Waals surface area contributed by atoms with Gasteiger partial charge in [0.25, 0.3) is 0 Å². The van der Waals surface area contributed by atoms with Crippen LogP contribution >= 0.6 is 0 Å². The van der Waals surface area contributed by atoms with E-state index in [1.54, 1.807) is 10.6 Å². The predicted molar refractivity (Wildman–Crippen MR) is 97.6 cm³/mol. The number of hydrogen-bond donors (Lipinski definition) is 1. The van der Waals surface area contributed by atoms with E-state index in [0.717, 1.165) is 18.5 Å². The van der Waals surface area contributed by atoms with Crippen LogP contribution < -0.4 is 10.3 Å². The van der Waals surface area contributed by atoms with Gasteiger partial charge in [0.1, 0.15) is 11.4 Å². The number of carboxylic acids is 1. The van der Waals surface area contributed by atoms with Crippen LogP contribution in [-0.4, -0.2) is 29.2 Å². The molecule has 26 heavy (non-hydrogen) atoms. The highest BCUT2D eigenvalue weighted by molar-refractivity contribution is 5.92. The number of likely N-dealkylation sites (N-methyl/N-ethyl adjacent to an activating group) is 1. The maximum absolute atomic E-state index is 14.2. The van der Waals surface area contributed by atoms with E-state index in [9.17, 15) is 19.1 Å². The molecule has 3 aromatic rings. The predicted octanol–water partition coefficient (Wildman–Crippen LogP) is 2.88. The Kier molecular flexibility index (Phi) is 3.76. The van der Waals surface area contributed by atoms with Gasteiger partial charge >= 0.3 is 5.97 Å². The lowest BCUT2D eigenvalue weighted by Gasteiger charge is -2.15. The molecule has 6 heteroatoms. The summed E-state index contributed by atoms with van der Waals surface area (Å²) in [5, 5.41) is 9.13. The molecule has 0 radical (unpaired) electrons. The molecule has 0 fully saturated rings. The van der Waals surface area contributed by atoms with Crippen molar-refractivity contribution >= 4 is 22.6 Å². The third-order valence-electron chi connectivity index (χ3n) is 4.91. The van der Waals surface area contributed by atoms with Gasteiger partial charge in [0.05, 0.1) is 10.9 Å². The van der Waals surface area contributed by atoms with Gasteiger partial charge in [0, 0.05) is 32.0 Å². The Labute approximate surface area is 148 Å². The highest BCUT2D eigenvalue weighted by Crippen LogP contribution is 2.28. The Bertz CT molecular complexity index is 1100. The number of aromatic nitrogens is 1. The highest BCUT2D eigenvalue weighted by Gasteiger charge is 2.19. The molecule has 0 amide bonds. The summed E-state index contributed by atoms with van der Waals surface area (Å²) in [4.78, 5) is 26.0. The summed E-state index contributed by atoms with van der Waals surface area (Å²) < 4.78 is 15.8. The van der Waals surface area contributed by atoms with E-state index in [2.05, 4.69) is 11.0 Å². The number of rotatable bonds is 3. The molecule has 1 aliphatic heterocycles. The van der Waals surface area contributed by atoms with Gasteiger partial charge in [-0.3, -0.25) is 4.79 Å². The standard InChI is InChI=1S/C20H17FN2O3/c1-22-8-7-13-9-12(5-6-16(13)22)10-23-11-14(20(25)26)19(24)18-15(21)3-2-4-17(18)23/h2-6,9,11H,7-8,10H2,1H3,(H,25,26). The minimum atomic E-state index is -1.36. The Morgan fingerprint density at radius 1 is 1.27 bits per heavy atom. The molecule has 2 aromatic carbocycles. The van der Waals surface area contributed by atoms with Crippen LogP contribution in [0.25, 0.3) is 10.9 Å². The first kappa shape index (κ1) is 16.3. The van der Waals surface area contributed by atoms with Gasteiger partial charge in [0.15, 0.2) is 0 Å². The molecule has 4 rings (SSSR count). The normalized spacial score (nSPS) is 13.2. The minimum Gasteiger partial charge on any atom is -0.477 e. The second kappa shape index (κ2) is 5.98. The molecule has 1 N–H and O–H groups in total. The number of hydrogen-bond acceptors (Lipinski definition) is 3. The Balaban J connectivity index is 1.87. The molecule has 0 saturated carbocycles. The van der Waals surface area contributed by atoms with Gasteiger partial charge < -0.3 is 14.6 Å². The van der Waals surface area contributed by atoms with Gasteiger partial charge in [-0.15, -0.1) is 0 Å². The fourth-order valence-corrected chi connectivity index (χ4v) is 3.59. The average Bonchev–Trinajstić information content (AvgIpc) is 2.97. The van der Waals surface area contributed by atoms with Crippen LogP contribution in [0.3, 0.4) is 0 Å². The van der Waals surface area contributed by atoms with Gasteiger partial charge in [-0.05, 0) is 35.7 Å². The molecule has 0 spiro atoms. The number of nitrogens with zero attached hydrogens (tertiary/aromatic N) is 2. The maximum Gasteiger partial charge on any atom is 0.341 e. The Morgan fingerprint density at radius 3 is 2.85 bits per heavy atom. The molecule has 0 bridgehead atoms. The fourth-order valence-electron chi connectivity index (χ4n) is 3.59. The quantitative estimate of drug-likeness (QED) is 0.787. The summed E-state index contributed by atoms with van der Waals surface area (Å²) in [5.74, 6) is -2.07. The van der Waals surface area contributed by atoms with Crippen molar-refractivity contribution in [1.82, 2.24) is 4.57 Å². The van der Waals surface area contributed by atoms with Crippen molar-refractivity contribution in [2.45, 2.75) is 13.0 Å². The van der Waals surface area contributed by atoms with Crippen LogP contribution in [-0.2, 0) is 13.0 Å². The van der Waals surface area contributed by atoms with E-state index in [-0.39, 0.29) is 5.39 Å². The van der Waals surface area contributed by atoms with E-state index in [1.807, 2.05) is 19.2 Å². The van der Waals surface area contributed by atoms with Crippen molar-refractivity contribution in [3.63, 3.8) is 0 Å². The van der Waals surface area contributed by atoms with Gasteiger partial charge in [-0.1, -0.05) is 18.2 Å². The van der Waals surface area contributed by atoms with E-state index < -0.39 is 22.8 Å². The molecule has 0 unspecified atom stereocenters. The van der Waals surface area contributed by atoms with Crippen LogP contribution in [0.1, 0.15) is 21.5 Å². The number of aromatic carboxylic acids is 1. The number of anilines is 1. The molecule has 2 heterocycles. The van der Waals surface area contributed by atoms with E-state index in [1.165, 1.54) is 29.6 Å². The van der Waals surface area contributed by atoms with E-state index in [0.29, 0.717) is 12.1 Å². The largest absolute Gasteiger partial charge is 0.477 e. The Morgan fingerprint density at radius 2 is 2.08 bits per heavy atom. The maximum atomic E-state index is 14.2. The van der Waals surface area contributed by atoms with Crippen molar-refractivity contribution in [2.24, 2.45) is 0 Å². The lowest BCUT2D eigenvalue weighted by Crippen LogP contribution is -2.20. The number of pyridine rings is 1. The average molecular weight is 352 g/mol. The van der Waals surface area contributed by atoms with Crippen molar-refractivity contribution < 1.29 is 14.3 Å². The fraction of sp³-hybridized carbons (Fsp3) is 0.200. The van der Waals surface area contributed by atoms with Crippen LogP contribution in [0.4, 0.5) is 10.1 Å². The molecule has 132 valence electrons. The SMILES string of the molecule is CN1CCc2cc(Cn3cc(C(=O)O)c(=O)c4c(F)cccc43)ccc21. The third kappa shape index (κ3) is 2.54. The van der Waals surface area contributed by atoms with Crippen LogP contribution in [0.15, 0.2) is 47.4 Å². The first-order valence-electron chi connectivity index (χ1n) is 8.33. The van der Waals surface area contributed by atoms with Gasteiger partial charge in [-0.25, -0.2) is 9.18 Å². The number of benzene rings is 2. The van der Waals surface area contributed by atoms with E-state index >= 15 is 0 Å². The first-order chi connectivity index (χ1) is 12.5. The van der Waals surface area contributed by atoms with Crippen LogP contribution in [0, 0.1) is 5.82 Å². The molecule has 5 nitrogen and oxygen atoms in total. The zero-order chi connectivity index (χ0) is 18.4. The van der Waals surface area contributed by atoms with Crippen molar-refractivity contribution in [2.75, 3.05) is 18.5 Å². The molecule has 0 aliphatic carbocycles. The molecular formula is C20H17FN2O3. The minimum absolute atomic E-state index is 0.187. The summed E-state index contributed by atoms with van der Waals surface area (Å²) >= 11 is 0. The molecular weight excluding hydrogens is 335 g/mol. The lowest BCUT2D eigenvalue weighted by molar-refractivity contribution is 0.0695. The van der Waals surface area contributed by atoms with Gasteiger partial charge in [-0.2, -0.15) is 0 Å². The smallest absolute Gasteiger partial charge is 0.341 e. The number of halogens is 1. The lowest BCUT2D eigenvalue weighted by atomic mass is 10.1. The van der Waals surface area contributed by atoms with E-state index in [4.69, 9.17) is 0 Å². The number of carboxylic acid groups (broad SMARTS) is 1. The third-order valence-corrected chi connectivity index (χ3v) is 4.91. The summed E-state index contributed by atoms with van der Waals surface area (Å²) in [6, 6.07) is 10.4. The summed E-state index contributed by atoms with van der Waals surface area (Å²) in [7, 11) is 2.04. The second-order valence-corrected chi connectivity index (χ2v) is 6.57. The zero-order valence-corrected chi connectivity index (χ0v) is 14.2. The summed E-state index contributed by atoms with van der Waals surface area (Å²) in [6.45, 7) is 1.33. The molecule has 0 saturated heterocycles.